The number of nitrogens with zero attached hydrogens (tertiary/aromatic N) is 1. The summed E-state index contributed by atoms with van der Waals surface area (Å²) in [7, 11) is 0. The molecule has 43 heavy (non-hydrogen) atoms. The summed E-state index contributed by atoms with van der Waals surface area (Å²) in [5.41, 5.74) is 11.0. The molecule has 0 saturated carbocycles. The Morgan fingerprint density at radius 3 is 0.814 bits per heavy atom. The van der Waals surface area contributed by atoms with E-state index in [1.807, 2.05) is 34.0 Å². The average Bonchev–Trinajstić information content (AvgIpc) is 3.55. The van der Waals surface area contributed by atoms with Crippen molar-refractivity contribution in [3.63, 3.8) is 0 Å². The molecule has 3 aromatic heterocycles. The second-order valence-electron chi connectivity index (χ2n) is 10.8. The average molecular weight is 813 g/mol. The van der Waals surface area contributed by atoms with E-state index in [1.165, 1.54) is 76.1 Å². The fourth-order valence-corrected chi connectivity index (χ4v) is 10.4. The summed E-state index contributed by atoms with van der Waals surface area (Å²) < 4.78 is 3.64. The van der Waals surface area contributed by atoms with Gasteiger partial charge in [-0.2, -0.15) is 0 Å². The van der Waals surface area contributed by atoms with Gasteiger partial charge in [-0.25, -0.2) is 0 Å². The Kier molecular flexibility index (Phi) is 8.95. The Morgan fingerprint density at radius 2 is 0.628 bits per heavy atom. The van der Waals surface area contributed by atoms with Crippen LogP contribution in [-0.2, 0) is 0 Å². The lowest BCUT2D eigenvalue weighted by Crippen LogP contribution is -2.09. The summed E-state index contributed by atoms with van der Waals surface area (Å²) in [6, 6.07) is 27.0. The maximum Gasteiger partial charge on any atom is 0.0462 e. The first-order valence-electron chi connectivity index (χ1n) is 13.9. The first kappa shape index (κ1) is 31.0. The SMILES string of the molecule is Cc1sc(-c2ccc(N(c3ccc(-c4sc(C)c(Br)c4C)cc3)c3ccc(-c4sc(C)c(Br)c4C)cc3)cc2)c(C)c1Br. The summed E-state index contributed by atoms with van der Waals surface area (Å²) in [5.74, 6) is 0. The monoisotopic (exact) mass is 809 g/mol. The number of anilines is 3. The van der Waals surface area contributed by atoms with E-state index in [2.05, 4.69) is 167 Å². The molecule has 0 amide bonds. The molecule has 6 rings (SSSR count). The summed E-state index contributed by atoms with van der Waals surface area (Å²) >= 11 is 16.8. The molecule has 0 saturated heterocycles. The third kappa shape index (κ3) is 5.78. The van der Waals surface area contributed by atoms with Gasteiger partial charge in [0.1, 0.15) is 0 Å². The van der Waals surface area contributed by atoms with Gasteiger partial charge in [-0.15, -0.1) is 34.0 Å². The minimum atomic E-state index is 1.13. The van der Waals surface area contributed by atoms with Crippen LogP contribution in [0.4, 0.5) is 17.1 Å². The summed E-state index contributed by atoms with van der Waals surface area (Å²) in [5, 5.41) is 0. The lowest BCUT2D eigenvalue weighted by atomic mass is 10.1. The topological polar surface area (TPSA) is 3.24 Å². The highest BCUT2D eigenvalue weighted by Crippen LogP contribution is 2.44. The number of hydrogen-bond donors (Lipinski definition) is 0. The van der Waals surface area contributed by atoms with Crippen LogP contribution in [0.15, 0.2) is 86.2 Å². The van der Waals surface area contributed by atoms with E-state index in [0.717, 1.165) is 17.1 Å². The number of hydrogen-bond acceptors (Lipinski definition) is 4. The molecule has 3 heterocycles. The molecule has 3 aromatic carbocycles. The van der Waals surface area contributed by atoms with E-state index in [9.17, 15) is 0 Å². The molecule has 0 aliphatic rings. The molecule has 0 bridgehead atoms. The van der Waals surface area contributed by atoms with E-state index < -0.39 is 0 Å². The molecule has 6 aromatic rings. The van der Waals surface area contributed by atoms with Crippen molar-refractivity contribution < 1.29 is 0 Å². The minimum Gasteiger partial charge on any atom is -0.311 e. The largest absolute Gasteiger partial charge is 0.311 e. The van der Waals surface area contributed by atoms with Crippen molar-refractivity contribution in [1.82, 2.24) is 0 Å². The summed E-state index contributed by atoms with van der Waals surface area (Å²) in [6.45, 7) is 13.1. The Labute approximate surface area is 291 Å². The van der Waals surface area contributed by atoms with Gasteiger partial charge in [0, 0.05) is 59.7 Å². The van der Waals surface area contributed by atoms with E-state index >= 15 is 0 Å². The van der Waals surface area contributed by atoms with E-state index in [1.54, 1.807) is 0 Å². The van der Waals surface area contributed by atoms with Crippen molar-refractivity contribution in [2.75, 3.05) is 4.90 Å². The number of thiophene rings is 3. The van der Waals surface area contributed by atoms with Crippen molar-refractivity contribution in [1.29, 1.82) is 0 Å². The fourth-order valence-electron chi connectivity index (χ4n) is 5.47. The second kappa shape index (κ2) is 12.4. The number of halogens is 3. The van der Waals surface area contributed by atoms with Gasteiger partial charge in [-0.1, -0.05) is 36.4 Å². The molecule has 0 unspecified atom stereocenters. The highest BCUT2D eigenvalue weighted by atomic mass is 79.9. The van der Waals surface area contributed by atoms with Crippen LogP contribution in [0.2, 0.25) is 0 Å². The van der Waals surface area contributed by atoms with Crippen LogP contribution in [0.5, 0.6) is 0 Å². The quantitative estimate of drug-likeness (QED) is 0.162. The molecule has 0 atom stereocenters. The van der Waals surface area contributed by atoms with E-state index in [4.69, 9.17) is 0 Å². The van der Waals surface area contributed by atoms with Crippen molar-refractivity contribution >= 4 is 98.9 Å². The van der Waals surface area contributed by atoms with Crippen LogP contribution in [0.25, 0.3) is 31.3 Å². The van der Waals surface area contributed by atoms with Gasteiger partial charge in [-0.05, 0) is 159 Å². The standard InChI is InChI=1S/C36H30Br3NS3/c1-19-31(37)22(4)41-34(19)25-7-13-28(14-8-25)40(29-15-9-26(10-16-29)35-20(2)32(38)23(5)42-35)30-17-11-27(12-18-30)36-21(3)33(39)24(6)43-36/h7-18H,1-6H3. The first-order chi connectivity index (χ1) is 20.5. The van der Waals surface area contributed by atoms with Gasteiger partial charge in [0.05, 0.1) is 0 Å². The first-order valence-corrected chi connectivity index (χ1v) is 18.8. The molecule has 0 radical (unpaired) electrons. The van der Waals surface area contributed by atoms with Crippen LogP contribution < -0.4 is 4.90 Å². The molecule has 0 aliphatic carbocycles. The number of rotatable bonds is 6. The predicted molar refractivity (Wildman–Crippen MR) is 203 cm³/mol. The highest BCUT2D eigenvalue weighted by Gasteiger charge is 2.18. The molecule has 1 nitrogen and oxygen atoms in total. The van der Waals surface area contributed by atoms with Crippen LogP contribution in [0.3, 0.4) is 0 Å². The maximum atomic E-state index is 3.76. The zero-order chi connectivity index (χ0) is 30.6. The van der Waals surface area contributed by atoms with Crippen LogP contribution in [-0.4, -0.2) is 0 Å². The maximum absolute atomic E-state index is 3.76. The van der Waals surface area contributed by atoms with Gasteiger partial charge in [-0.3, -0.25) is 0 Å². The zero-order valence-corrected chi connectivity index (χ0v) is 31.9. The third-order valence-electron chi connectivity index (χ3n) is 7.87. The second-order valence-corrected chi connectivity index (χ2v) is 16.8. The zero-order valence-electron chi connectivity index (χ0n) is 24.7. The Bertz CT molecular complexity index is 1720. The Balaban J connectivity index is 1.41. The molecule has 0 N–H and O–H groups in total. The van der Waals surface area contributed by atoms with Gasteiger partial charge < -0.3 is 4.90 Å². The van der Waals surface area contributed by atoms with E-state index in [0.29, 0.717) is 0 Å². The van der Waals surface area contributed by atoms with Crippen molar-refractivity contribution in [2.24, 2.45) is 0 Å². The Morgan fingerprint density at radius 1 is 0.395 bits per heavy atom. The van der Waals surface area contributed by atoms with Gasteiger partial charge in [0.25, 0.3) is 0 Å². The molecular weight excluding hydrogens is 782 g/mol. The lowest BCUT2D eigenvalue weighted by Gasteiger charge is -2.26. The molecular formula is C36H30Br3NS3. The normalized spacial score (nSPS) is 11.4. The van der Waals surface area contributed by atoms with Crippen molar-refractivity contribution in [3.8, 4) is 31.3 Å². The van der Waals surface area contributed by atoms with Crippen LogP contribution >= 0.6 is 81.8 Å². The van der Waals surface area contributed by atoms with Crippen LogP contribution in [0.1, 0.15) is 31.3 Å². The predicted octanol–water partition coefficient (Wildman–Crippen LogP) is 14.5. The van der Waals surface area contributed by atoms with Gasteiger partial charge in [0.15, 0.2) is 0 Å². The Hall–Kier alpha value is -2.00. The summed E-state index contributed by atoms with van der Waals surface area (Å²) in [4.78, 5) is 10.2. The minimum absolute atomic E-state index is 1.13. The number of benzene rings is 3. The van der Waals surface area contributed by atoms with E-state index in [-0.39, 0.29) is 0 Å². The highest BCUT2D eigenvalue weighted by molar-refractivity contribution is 9.11. The number of aryl methyl sites for hydroxylation is 3. The lowest BCUT2D eigenvalue weighted by molar-refractivity contribution is 1.28. The van der Waals surface area contributed by atoms with Crippen molar-refractivity contribution in [3.05, 3.63) is 118 Å². The van der Waals surface area contributed by atoms with Crippen molar-refractivity contribution in [2.45, 2.75) is 41.5 Å². The fraction of sp³-hybridized carbons (Fsp3) is 0.167. The molecule has 0 fully saturated rings. The molecule has 218 valence electrons. The smallest absolute Gasteiger partial charge is 0.0462 e. The molecule has 0 aliphatic heterocycles. The summed E-state index contributed by atoms with van der Waals surface area (Å²) in [6.07, 6.45) is 0. The van der Waals surface area contributed by atoms with Crippen LogP contribution in [0, 0.1) is 41.5 Å². The van der Waals surface area contributed by atoms with Gasteiger partial charge >= 0.3 is 0 Å². The third-order valence-corrected chi connectivity index (χ3v) is 16.0. The molecule has 0 spiro atoms. The van der Waals surface area contributed by atoms with Gasteiger partial charge in [0.2, 0.25) is 0 Å². The molecule has 7 heteroatoms.